The maximum absolute atomic E-state index is 12.9. The number of nitrogens with one attached hydrogen (secondary N) is 1. The van der Waals surface area contributed by atoms with Gasteiger partial charge in [-0.3, -0.25) is 14.4 Å². The fourth-order valence-electron chi connectivity index (χ4n) is 3.87. The largest absolute Gasteiger partial charge is 0.481 e. The summed E-state index contributed by atoms with van der Waals surface area (Å²) in [4.78, 5) is 38.5. The van der Waals surface area contributed by atoms with Crippen molar-refractivity contribution in [3.8, 4) is 0 Å². The van der Waals surface area contributed by atoms with Crippen LogP contribution in [-0.2, 0) is 14.4 Å². The van der Waals surface area contributed by atoms with E-state index in [-0.39, 0.29) is 23.7 Å². The molecule has 146 valence electrons. The first-order chi connectivity index (χ1) is 12.9. The molecule has 1 unspecified atom stereocenters. The molecular weight excluding hydrogens is 364 g/mol. The Morgan fingerprint density at radius 3 is 2.41 bits per heavy atom. The van der Waals surface area contributed by atoms with Crippen molar-refractivity contribution in [1.82, 2.24) is 4.90 Å². The van der Waals surface area contributed by atoms with Crippen molar-refractivity contribution >= 4 is 35.2 Å². The second-order valence-electron chi connectivity index (χ2n) is 7.52. The zero-order chi connectivity index (χ0) is 19.6. The molecule has 7 heteroatoms. The maximum atomic E-state index is 12.9. The smallest absolute Gasteiger partial charge is 0.306 e. The summed E-state index contributed by atoms with van der Waals surface area (Å²) in [6.45, 7) is 3.96. The van der Waals surface area contributed by atoms with Crippen LogP contribution in [0.2, 0.25) is 0 Å². The molecule has 2 N–H and O–H groups in total. The lowest BCUT2D eigenvalue weighted by molar-refractivity contribution is -0.146. The van der Waals surface area contributed by atoms with Crippen molar-refractivity contribution in [2.24, 2.45) is 11.8 Å². The van der Waals surface area contributed by atoms with Crippen LogP contribution in [0.25, 0.3) is 0 Å². The molecule has 6 nitrogen and oxygen atoms in total. The van der Waals surface area contributed by atoms with E-state index >= 15 is 0 Å². The van der Waals surface area contributed by atoms with E-state index in [0.717, 1.165) is 16.8 Å². The monoisotopic (exact) mass is 390 g/mol. The summed E-state index contributed by atoms with van der Waals surface area (Å²) < 4.78 is 0. The van der Waals surface area contributed by atoms with Gasteiger partial charge in [-0.15, -0.1) is 11.8 Å². The standard InChI is InChI=1S/C20H26N2O4S/c1-12-3-8-16(13(2)9-12)21-18(23)17-10-27-11-22(17)19(24)14-4-6-15(7-5-14)20(25)26/h3,8-9,14-15,17H,4-7,10-11H2,1-2H3,(H,21,23)(H,25,26). The summed E-state index contributed by atoms with van der Waals surface area (Å²) in [6.07, 6.45) is 2.24. The number of carbonyl (C=O) groups excluding carboxylic acids is 2. The van der Waals surface area contributed by atoms with Gasteiger partial charge in [-0.25, -0.2) is 0 Å². The number of nitrogens with zero attached hydrogens (tertiary/aromatic N) is 1. The second-order valence-corrected chi connectivity index (χ2v) is 8.52. The summed E-state index contributed by atoms with van der Waals surface area (Å²) >= 11 is 1.58. The Morgan fingerprint density at radius 1 is 1.11 bits per heavy atom. The molecule has 2 aliphatic rings. The van der Waals surface area contributed by atoms with Crippen molar-refractivity contribution in [2.45, 2.75) is 45.6 Å². The molecule has 1 aromatic carbocycles. The summed E-state index contributed by atoms with van der Waals surface area (Å²) in [6, 6.07) is 5.39. The van der Waals surface area contributed by atoms with Crippen molar-refractivity contribution in [1.29, 1.82) is 0 Å². The second kappa shape index (κ2) is 8.33. The highest BCUT2D eigenvalue weighted by molar-refractivity contribution is 7.99. The molecule has 1 aromatic rings. The number of carboxylic acid groups (broad SMARTS) is 1. The molecule has 0 spiro atoms. The van der Waals surface area contributed by atoms with Gasteiger partial charge in [0, 0.05) is 17.4 Å². The highest BCUT2D eigenvalue weighted by atomic mass is 32.2. The highest BCUT2D eigenvalue weighted by Gasteiger charge is 2.39. The third kappa shape index (κ3) is 4.46. The maximum Gasteiger partial charge on any atom is 0.306 e. The minimum Gasteiger partial charge on any atom is -0.481 e. The average Bonchev–Trinajstić information content (AvgIpc) is 3.13. The molecule has 1 aliphatic heterocycles. The lowest BCUT2D eigenvalue weighted by Gasteiger charge is -2.31. The Balaban J connectivity index is 1.63. The summed E-state index contributed by atoms with van der Waals surface area (Å²) in [5.41, 5.74) is 2.91. The quantitative estimate of drug-likeness (QED) is 0.825. The van der Waals surface area contributed by atoms with Crippen LogP contribution in [-0.4, -0.2) is 45.5 Å². The number of benzene rings is 1. The Bertz CT molecular complexity index is 743. The van der Waals surface area contributed by atoms with Gasteiger partial charge in [0.25, 0.3) is 0 Å². The minimum absolute atomic E-state index is 0.00961. The van der Waals surface area contributed by atoms with Gasteiger partial charge in [-0.05, 0) is 51.2 Å². The SMILES string of the molecule is Cc1ccc(NC(=O)C2CSCN2C(=O)C2CCC(C(=O)O)CC2)c(C)c1. The van der Waals surface area contributed by atoms with Gasteiger partial charge < -0.3 is 15.3 Å². The van der Waals surface area contributed by atoms with Gasteiger partial charge in [0.2, 0.25) is 11.8 Å². The molecule has 1 aliphatic carbocycles. The van der Waals surface area contributed by atoms with Crippen molar-refractivity contribution < 1.29 is 19.5 Å². The van der Waals surface area contributed by atoms with Crippen LogP contribution in [0.1, 0.15) is 36.8 Å². The molecule has 2 fully saturated rings. The minimum atomic E-state index is -0.775. The number of aliphatic carboxylic acids is 1. The molecular formula is C20H26N2O4S. The number of carbonyl (C=O) groups is 3. The van der Waals surface area contributed by atoms with E-state index in [1.165, 1.54) is 0 Å². The molecule has 1 heterocycles. The fraction of sp³-hybridized carbons (Fsp3) is 0.550. The van der Waals surface area contributed by atoms with Gasteiger partial charge in [0.1, 0.15) is 6.04 Å². The van der Waals surface area contributed by atoms with Crippen LogP contribution in [0, 0.1) is 25.7 Å². The average molecular weight is 391 g/mol. The molecule has 0 aromatic heterocycles. The van der Waals surface area contributed by atoms with Crippen LogP contribution in [0.3, 0.4) is 0 Å². The highest BCUT2D eigenvalue weighted by Crippen LogP contribution is 2.33. The molecule has 27 heavy (non-hydrogen) atoms. The summed E-state index contributed by atoms with van der Waals surface area (Å²) in [7, 11) is 0. The first-order valence-corrected chi connectivity index (χ1v) is 10.5. The van der Waals surface area contributed by atoms with Gasteiger partial charge in [-0.1, -0.05) is 17.7 Å². The third-order valence-electron chi connectivity index (χ3n) is 5.53. The van der Waals surface area contributed by atoms with Crippen molar-refractivity contribution in [3.63, 3.8) is 0 Å². The molecule has 0 radical (unpaired) electrons. The Labute approximate surface area is 163 Å². The number of carboxylic acids is 1. The van der Waals surface area contributed by atoms with E-state index in [1.807, 2.05) is 32.0 Å². The first-order valence-electron chi connectivity index (χ1n) is 9.36. The van der Waals surface area contributed by atoms with Crippen LogP contribution in [0.5, 0.6) is 0 Å². The van der Waals surface area contributed by atoms with Crippen LogP contribution >= 0.6 is 11.8 Å². The van der Waals surface area contributed by atoms with Gasteiger partial charge in [-0.2, -0.15) is 0 Å². The van der Waals surface area contributed by atoms with E-state index in [2.05, 4.69) is 5.32 Å². The number of anilines is 1. The van der Waals surface area contributed by atoms with Gasteiger partial charge >= 0.3 is 5.97 Å². The Hall–Kier alpha value is -2.02. The first kappa shape index (κ1) is 19.7. The third-order valence-corrected chi connectivity index (χ3v) is 6.55. The Morgan fingerprint density at radius 2 is 1.78 bits per heavy atom. The zero-order valence-electron chi connectivity index (χ0n) is 15.7. The predicted molar refractivity (Wildman–Crippen MR) is 106 cm³/mol. The van der Waals surface area contributed by atoms with Crippen LogP contribution in [0.4, 0.5) is 5.69 Å². The van der Waals surface area contributed by atoms with Crippen molar-refractivity contribution in [2.75, 3.05) is 16.9 Å². The van der Waals surface area contributed by atoms with Crippen LogP contribution in [0.15, 0.2) is 18.2 Å². The number of rotatable bonds is 4. The van der Waals surface area contributed by atoms with Gasteiger partial charge in [0.15, 0.2) is 0 Å². The van der Waals surface area contributed by atoms with E-state index in [9.17, 15) is 14.4 Å². The number of amides is 2. The summed E-state index contributed by atoms with van der Waals surface area (Å²) in [5, 5.41) is 12.1. The predicted octanol–water partition coefficient (Wildman–Crippen LogP) is 3.03. The molecule has 1 saturated heterocycles. The van der Waals surface area contributed by atoms with E-state index in [4.69, 9.17) is 5.11 Å². The Kier molecular flexibility index (Phi) is 6.09. The number of hydrogen-bond donors (Lipinski definition) is 2. The molecule has 1 saturated carbocycles. The normalized spacial score (nSPS) is 25.3. The van der Waals surface area contributed by atoms with Gasteiger partial charge in [0.05, 0.1) is 11.8 Å². The van der Waals surface area contributed by atoms with E-state index < -0.39 is 12.0 Å². The van der Waals surface area contributed by atoms with Crippen molar-refractivity contribution in [3.05, 3.63) is 29.3 Å². The topological polar surface area (TPSA) is 86.7 Å². The van der Waals surface area contributed by atoms with E-state index in [1.54, 1.807) is 16.7 Å². The fourth-order valence-corrected chi connectivity index (χ4v) is 5.03. The van der Waals surface area contributed by atoms with Crippen LogP contribution < -0.4 is 5.32 Å². The summed E-state index contributed by atoms with van der Waals surface area (Å²) in [5.74, 6) is -0.343. The molecule has 1 atom stereocenters. The molecule has 0 bridgehead atoms. The number of aryl methyl sites for hydroxylation is 2. The molecule has 3 rings (SSSR count). The number of hydrogen-bond acceptors (Lipinski definition) is 4. The lowest BCUT2D eigenvalue weighted by Crippen LogP contribution is -2.47. The number of thioether (sulfide) groups is 1. The zero-order valence-corrected chi connectivity index (χ0v) is 16.6. The van der Waals surface area contributed by atoms with E-state index in [0.29, 0.717) is 37.3 Å². The molecule has 2 amide bonds. The lowest BCUT2D eigenvalue weighted by atomic mass is 9.81.